The molecule has 0 unspecified atom stereocenters. The Kier molecular flexibility index (Phi) is 5.75. The van der Waals surface area contributed by atoms with Crippen molar-refractivity contribution in [1.29, 1.82) is 0 Å². The van der Waals surface area contributed by atoms with Gasteiger partial charge in [0.2, 0.25) is 0 Å². The fraction of sp³-hybridized carbons (Fsp3) is 0.143. The van der Waals surface area contributed by atoms with Gasteiger partial charge in [-0.3, -0.25) is 9.71 Å². The molecule has 0 fully saturated rings. The minimum atomic E-state index is -3.95. The van der Waals surface area contributed by atoms with Gasteiger partial charge in [0.05, 0.1) is 19.7 Å². The van der Waals surface area contributed by atoms with Gasteiger partial charge in [-0.05, 0) is 35.4 Å². The first-order valence-electron chi connectivity index (χ1n) is 9.09. The molecule has 0 atom stereocenters. The number of fused-ring (bicyclic) bond motifs is 1. The molecule has 10 heteroatoms. The van der Waals surface area contributed by atoms with E-state index in [4.69, 9.17) is 9.47 Å². The minimum absolute atomic E-state index is 0.0536. The minimum Gasteiger partial charge on any atom is -0.496 e. The van der Waals surface area contributed by atoms with E-state index < -0.39 is 16.7 Å². The SMILES string of the molecule is COc1cc(CF)ccc1-c1ccnc2cc(S(=O)(=O)Nc3nccs3)c(OC)cc12. The van der Waals surface area contributed by atoms with Crippen LogP contribution in [0.4, 0.5) is 9.52 Å². The van der Waals surface area contributed by atoms with Gasteiger partial charge in [-0.15, -0.1) is 11.3 Å². The molecule has 0 aliphatic carbocycles. The number of benzene rings is 2. The Labute approximate surface area is 182 Å². The van der Waals surface area contributed by atoms with Gasteiger partial charge < -0.3 is 9.47 Å². The number of thiazole rings is 1. The van der Waals surface area contributed by atoms with Gasteiger partial charge in [0, 0.05) is 28.7 Å². The summed E-state index contributed by atoms with van der Waals surface area (Å²) in [5, 5.41) is 2.59. The summed E-state index contributed by atoms with van der Waals surface area (Å²) < 4.78 is 52.3. The van der Waals surface area contributed by atoms with E-state index in [1.54, 1.807) is 41.9 Å². The normalized spacial score (nSPS) is 11.5. The van der Waals surface area contributed by atoms with Crippen molar-refractivity contribution in [3.8, 4) is 22.6 Å². The van der Waals surface area contributed by atoms with Gasteiger partial charge in [-0.1, -0.05) is 12.1 Å². The third-order valence-corrected chi connectivity index (χ3v) is 6.86. The predicted molar refractivity (Wildman–Crippen MR) is 118 cm³/mol. The molecular formula is C21H18FN3O4S2. The van der Waals surface area contributed by atoms with Crippen molar-refractivity contribution in [3.63, 3.8) is 0 Å². The van der Waals surface area contributed by atoms with Crippen molar-refractivity contribution in [2.45, 2.75) is 11.6 Å². The number of alkyl halides is 1. The van der Waals surface area contributed by atoms with Crippen molar-refractivity contribution in [2.24, 2.45) is 0 Å². The summed E-state index contributed by atoms with van der Waals surface area (Å²) in [5.41, 5.74) is 2.43. The van der Waals surface area contributed by atoms with Crippen LogP contribution in [0.1, 0.15) is 5.56 Å². The summed E-state index contributed by atoms with van der Waals surface area (Å²) in [6, 6.07) is 9.95. The summed E-state index contributed by atoms with van der Waals surface area (Å²) in [4.78, 5) is 8.25. The van der Waals surface area contributed by atoms with Gasteiger partial charge in [0.25, 0.3) is 10.0 Å². The molecule has 4 aromatic rings. The van der Waals surface area contributed by atoms with Gasteiger partial charge in [-0.2, -0.15) is 0 Å². The number of nitrogens with zero attached hydrogens (tertiary/aromatic N) is 2. The Morgan fingerprint density at radius 3 is 2.48 bits per heavy atom. The van der Waals surface area contributed by atoms with Crippen LogP contribution >= 0.6 is 11.3 Å². The smallest absolute Gasteiger partial charge is 0.267 e. The van der Waals surface area contributed by atoms with Crippen molar-refractivity contribution in [1.82, 2.24) is 9.97 Å². The van der Waals surface area contributed by atoms with Crippen LogP contribution in [0.25, 0.3) is 22.0 Å². The average molecular weight is 460 g/mol. The van der Waals surface area contributed by atoms with E-state index in [1.165, 1.54) is 37.8 Å². The topological polar surface area (TPSA) is 90.4 Å². The van der Waals surface area contributed by atoms with Crippen LogP contribution in [-0.4, -0.2) is 32.6 Å². The lowest BCUT2D eigenvalue weighted by Crippen LogP contribution is -2.14. The molecule has 0 aliphatic heterocycles. The first-order chi connectivity index (χ1) is 15.0. The highest BCUT2D eigenvalue weighted by Gasteiger charge is 2.23. The largest absolute Gasteiger partial charge is 0.496 e. The molecule has 0 saturated heterocycles. The van der Waals surface area contributed by atoms with E-state index in [2.05, 4.69) is 14.7 Å². The van der Waals surface area contributed by atoms with Crippen LogP contribution in [0.15, 0.2) is 59.1 Å². The monoisotopic (exact) mass is 459 g/mol. The van der Waals surface area contributed by atoms with Crippen molar-refractivity contribution in [2.75, 3.05) is 18.9 Å². The molecule has 31 heavy (non-hydrogen) atoms. The number of ether oxygens (including phenoxy) is 2. The highest BCUT2D eigenvalue weighted by Crippen LogP contribution is 2.38. The fourth-order valence-corrected chi connectivity index (χ4v) is 5.20. The van der Waals surface area contributed by atoms with Gasteiger partial charge in [0.1, 0.15) is 23.1 Å². The number of aromatic nitrogens is 2. The summed E-state index contributed by atoms with van der Waals surface area (Å²) in [6.07, 6.45) is 3.09. The van der Waals surface area contributed by atoms with Gasteiger partial charge >= 0.3 is 0 Å². The third-order valence-electron chi connectivity index (χ3n) is 4.68. The fourth-order valence-electron chi connectivity index (χ4n) is 3.24. The van der Waals surface area contributed by atoms with E-state index in [9.17, 15) is 12.8 Å². The number of hydrogen-bond donors (Lipinski definition) is 1. The van der Waals surface area contributed by atoms with Crippen LogP contribution in [0, 0.1) is 0 Å². The number of halogens is 1. The van der Waals surface area contributed by atoms with Crippen LogP contribution < -0.4 is 14.2 Å². The maximum absolute atomic E-state index is 13.1. The number of hydrogen-bond acceptors (Lipinski definition) is 7. The zero-order chi connectivity index (χ0) is 22.0. The third kappa shape index (κ3) is 4.04. The standard InChI is InChI=1S/C21H18FN3O4S2/c1-28-18-9-13(12-22)3-4-15(18)14-5-6-23-17-11-20(19(29-2)10-16(14)17)31(26,27)25-21-24-7-8-30-21/h3-11H,12H2,1-2H3,(H,24,25). The van der Waals surface area contributed by atoms with Gasteiger partial charge in [-0.25, -0.2) is 17.8 Å². The predicted octanol–water partition coefficient (Wildman–Crippen LogP) is 4.65. The van der Waals surface area contributed by atoms with Crippen LogP contribution in [0.5, 0.6) is 11.5 Å². The van der Waals surface area contributed by atoms with Crippen molar-refractivity contribution in [3.05, 3.63) is 59.7 Å². The highest BCUT2D eigenvalue weighted by molar-refractivity contribution is 7.93. The number of sulfonamides is 1. The molecule has 0 amide bonds. The molecular weight excluding hydrogens is 441 g/mol. The number of anilines is 1. The van der Waals surface area contributed by atoms with Crippen LogP contribution in [0.2, 0.25) is 0 Å². The summed E-state index contributed by atoms with van der Waals surface area (Å²) in [7, 11) is -1.04. The molecule has 2 aromatic carbocycles. The molecule has 7 nitrogen and oxygen atoms in total. The van der Waals surface area contributed by atoms with E-state index in [0.29, 0.717) is 22.2 Å². The van der Waals surface area contributed by atoms with Crippen molar-refractivity contribution >= 4 is 37.4 Å². The molecule has 0 saturated carbocycles. The molecule has 1 N–H and O–H groups in total. The summed E-state index contributed by atoms with van der Waals surface area (Å²) in [6.45, 7) is -0.602. The van der Waals surface area contributed by atoms with Crippen LogP contribution in [0.3, 0.4) is 0 Å². The Morgan fingerprint density at radius 1 is 1.00 bits per heavy atom. The maximum Gasteiger partial charge on any atom is 0.267 e. The molecule has 2 heterocycles. The second kappa shape index (κ2) is 8.48. The Balaban J connectivity index is 1.89. The first-order valence-corrected chi connectivity index (χ1v) is 11.5. The van der Waals surface area contributed by atoms with E-state index in [0.717, 1.165) is 11.1 Å². The number of pyridine rings is 1. The molecule has 2 aromatic heterocycles. The zero-order valence-electron chi connectivity index (χ0n) is 16.6. The maximum atomic E-state index is 13.1. The lowest BCUT2D eigenvalue weighted by molar-refractivity contribution is 0.403. The Bertz CT molecular complexity index is 1340. The molecule has 0 bridgehead atoms. The lowest BCUT2D eigenvalue weighted by atomic mass is 9.99. The van der Waals surface area contributed by atoms with Crippen molar-refractivity contribution < 1.29 is 22.3 Å². The van der Waals surface area contributed by atoms with Crippen LogP contribution in [-0.2, 0) is 16.7 Å². The number of rotatable bonds is 7. The zero-order valence-corrected chi connectivity index (χ0v) is 18.3. The number of methoxy groups -OCH3 is 2. The lowest BCUT2D eigenvalue weighted by Gasteiger charge is -2.15. The molecule has 4 rings (SSSR count). The second-order valence-corrected chi connectivity index (χ2v) is 9.04. The summed E-state index contributed by atoms with van der Waals surface area (Å²) >= 11 is 1.17. The molecule has 160 valence electrons. The van der Waals surface area contributed by atoms with E-state index >= 15 is 0 Å². The van der Waals surface area contributed by atoms with E-state index in [-0.39, 0.29) is 15.8 Å². The molecule has 0 spiro atoms. The highest BCUT2D eigenvalue weighted by atomic mass is 32.2. The average Bonchev–Trinajstić information content (AvgIpc) is 3.29. The second-order valence-electron chi connectivity index (χ2n) is 6.49. The molecule has 0 radical (unpaired) electrons. The Morgan fingerprint density at radius 2 is 1.81 bits per heavy atom. The summed E-state index contributed by atoms with van der Waals surface area (Å²) in [5.74, 6) is 0.661. The first kappa shape index (κ1) is 21.0. The van der Waals surface area contributed by atoms with E-state index in [1.807, 2.05) is 0 Å². The quantitative estimate of drug-likeness (QED) is 0.433. The molecule has 0 aliphatic rings. The number of nitrogens with one attached hydrogen (secondary N) is 1. The Hall–Kier alpha value is -3.24. The van der Waals surface area contributed by atoms with Gasteiger partial charge in [0.15, 0.2) is 5.13 Å².